The Morgan fingerprint density at radius 1 is 1.16 bits per heavy atom. The van der Waals surface area contributed by atoms with E-state index >= 15 is 0 Å². The van der Waals surface area contributed by atoms with Gasteiger partial charge in [0.15, 0.2) is 9.84 Å². The van der Waals surface area contributed by atoms with Gasteiger partial charge in [0, 0.05) is 10.2 Å². The van der Waals surface area contributed by atoms with Gasteiger partial charge in [0.05, 0.1) is 10.6 Å². The second kappa shape index (κ2) is 5.30. The molecule has 2 N–H and O–H groups in total. The van der Waals surface area contributed by atoms with Crippen molar-refractivity contribution in [2.24, 2.45) is 0 Å². The average Bonchev–Trinajstić information content (AvgIpc) is 2.26. The normalized spacial score (nSPS) is 11.5. The molecule has 0 aliphatic carbocycles. The molecule has 2 aromatic rings. The Morgan fingerprint density at radius 2 is 1.89 bits per heavy atom. The fraction of sp³-hybridized carbons (Fsp3) is 0.0769. The SMILES string of the molecule is Nc1cc(F)cc(S(=O)(=O)Cc2cccc(Br)c2)c1. The second-order valence-corrected chi connectivity index (χ2v) is 7.01. The molecule has 6 heteroatoms. The van der Waals surface area contributed by atoms with Crippen molar-refractivity contribution < 1.29 is 12.8 Å². The van der Waals surface area contributed by atoms with Crippen LogP contribution in [0.1, 0.15) is 5.56 Å². The monoisotopic (exact) mass is 343 g/mol. The summed E-state index contributed by atoms with van der Waals surface area (Å²) in [4.78, 5) is -0.107. The van der Waals surface area contributed by atoms with Crippen molar-refractivity contribution in [2.75, 3.05) is 5.73 Å². The average molecular weight is 344 g/mol. The summed E-state index contributed by atoms with van der Waals surface area (Å²) in [5.74, 6) is -0.859. The Balaban J connectivity index is 2.37. The van der Waals surface area contributed by atoms with Crippen molar-refractivity contribution in [3.8, 4) is 0 Å². The van der Waals surface area contributed by atoms with Gasteiger partial charge in [-0.2, -0.15) is 0 Å². The van der Waals surface area contributed by atoms with Crippen LogP contribution >= 0.6 is 15.9 Å². The summed E-state index contributed by atoms with van der Waals surface area (Å²) in [6, 6.07) is 10.3. The van der Waals surface area contributed by atoms with Crippen LogP contribution < -0.4 is 5.73 Å². The van der Waals surface area contributed by atoms with E-state index in [1.54, 1.807) is 24.3 Å². The smallest absolute Gasteiger partial charge is 0.182 e. The van der Waals surface area contributed by atoms with Gasteiger partial charge in [-0.15, -0.1) is 0 Å². The molecule has 3 nitrogen and oxygen atoms in total. The van der Waals surface area contributed by atoms with Crippen LogP contribution in [0.5, 0.6) is 0 Å². The van der Waals surface area contributed by atoms with Crippen LogP contribution in [0.15, 0.2) is 51.8 Å². The molecule has 0 bridgehead atoms. The van der Waals surface area contributed by atoms with E-state index in [1.807, 2.05) is 0 Å². The topological polar surface area (TPSA) is 60.2 Å². The Labute approximate surface area is 119 Å². The molecule has 19 heavy (non-hydrogen) atoms. The molecule has 2 rings (SSSR count). The second-order valence-electron chi connectivity index (χ2n) is 4.11. The van der Waals surface area contributed by atoms with E-state index in [0.29, 0.717) is 5.56 Å². The number of benzene rings is 2. The predicted molar refractivity (Wildman–Crippen MR) is 75.8 cm³/mol. The Bertz CT molecular complexity index is 696. The van der Waals surface area contributed by atoms with Gasteiger partial charge in [-0.3, -0.25) is 0 Å². The summed E-state index contributed by atoms with van der Waals surface area (Å²) >= 11 is 3.27. The molecule has 0 aliphatic rings. The van der Waals surface area contributed by atoms with E-state index in [2.05, 4.69) is 15.9 Å². The fourth-order valence-corrected chi connectivity index (χ4v) is 3.53. The third-order valence-electron chi connectivity index (χ3n) is 2.50. The maximum Gasteiger partial charge on any atom is 0.182 e. The molecule has 0 aliphatic heterocycles. The van der Waals surface area contributed by atoms with Crippen LogP contribution in [0.25, 0.3) is 0 Å². The molecule has 2 aromatic carbocycles. The number of hydrogen-bond donors (Lipinski definition) is 1. The number of rotatable bonds is 3. The van der Waals surface area contributed by atoms with Crippen LogP contribution in [-0.2, 0) is 15.6 Å². The number of halogens is 2. The molecule has 0 fully saturated rings. The van der Waals surface area contributed by atoms with Gasteiger partial charge < -0.3 is 5.73 Å². The van der Waals surface area contributed by atoms with E-state index in [1.165, 1.54) is 6.07 Å². The summed E-state index contributed by atoms with van der Waals surface area (Å²) in [7, 11) is -3.62. The van der Waals surface area contributed by atoms with E-state index in [-0.39, 0.29) is 16.3 Å². The number of hydrogen-bond acceptors (Lipinski definition) is 3. The molecular weight excluding hydrogens is 333 g/mol. The minimum Gasteiger partial charge on any atom is -0.399 e. The highest BCUT2D eigenvalue weighted by atomic mass is 79.9. The molecule has 0 heterocycles. The van der Waals surface area contributed by atoms with Crippen LogP contribution in [0.2, 0.25) is 0 Å². The Morgan fingerprint density at radius 3 is 2.53 bits per heavy atom. The lowest BCUT2D eigenvalue weighted by Crippen LogP contribution is -2.06. The van der Waals surface area contributed by atoms with Crippen LogP contribution in [0.3, 0.4) is 0 Å². The zero-order chi connectivity index (χ0) is 14.0. The van der Waals surface area contributed by atoms with E-state index in [9.17, 15) is 12.8 Å². The highest BCUT2D eigenvalue weighted by Crippen LogP contribution is 2.21. The zero-order valence-electron chi connectivity index (χ0n) is 9.81. The minimum absolute atomic E-state index is 0.0906. The third-order valence-corrected chi connectivity index (χ3v) is 4.66. The van der Waals surface area contributed by atoms with Crippen LogP contribution in [-0.4, -0.2) is 8.42 Å². The third kappa shape index (κ3) is 3.54. The van der Waals surface area contributed by atoms with Gasteiger partial charge in [0.25, 0.3) is 0 Å². The molecule has 0 saturated heterocycles. The van der Waals surface area contributed by atoms with Crippen molar-refractivity contribution in [2.45, 2.75) is 10.6 Å². The number of sulfone groups is 1. The lowest BCUT2D eigenvalue weighted by atomic mass is 10.2. The van der Waals surface area contributed by atoms with Crippen molar-refractivity contribution in [1.29, 1.82) is 0 Å². The van der Waals surface area contributed by atoms with Crippen molar-refractivity contribution in [3.63, 3.8) is 0 Å². The number of anilines is 1. The summed E-state index contributed by atoms with van der Waals surface area (Å²) in [5, 5.41) is 0. The van der Waals surface area contributed by atoms with Crippen molar-refractivity contribution in [1.82, 2.24) is 0 Å². The highest BCUT2D eigenvalue weighted by molar-refractivity contribution is 9.10. The quantitative estimate of drug-likeness (QED) is 0.871. The molecule has 100 valence electrons. The zero-order valence-corrected chi connectivity index (χ0v) is 12.2. The van der Waals surface area contributed by atoms with Gasteiger partial charge >= 0.3 is 0 Å². The molecule has 0 saturated carbocycles. The Hall–Kier alpha value is -1.40. The maximum atomic E-state index is 13.2. The fourth-order valence-electron chi connectivity index (χ4n) is 1.69. The summed E-state index contributed by atoms with van der Waals surface area (Å²) in [6.45, 7) is 0. The maximum absolute atomic E-state index is 13.2. The first kappa shape index (κ1) is 14.0. The highest BCUT2D eigenvalue weighted by Gasteiger charge is 2.17. The van der Waals surface area contributed by atoms with Crippen molar-refractivity contribution in [3.05, 3.63) is 58.3 Å². The van der Waals surface area contributed by atoms with E-state index in [0.717, 1.165) is 16.6 Å². The predicted octanol–water partition coefficient (Wildman–Crippen LogP) is 3.14. The van der Waals surface area contributed by atoms with Gasteiger partial charge in [-0.05, 0) is 35.9 Å². The lowest BCUT2D eigenvalue weighted by Gasteiger charge is -2.06. The molecule has 0 radical (unpaired) electrons. The van der Waals surface area contributed by atoms with Crippen LogP contribution in [0.4, 0.5) is 10.1 Å². The van der Waals surface area contributed by atoms with Gasteiger partial charge in [-0.25, -0.2) is 12.8 Å². The molecule has 0 aromatic heterocycles. The summed E-state index contributed by atoms with van der Waals surface area (Å²) < 4.78 is 38.4. The van der Waals surface area contributed by atoms with E-state index < -0.39 is 15.7 Å². The first-order chi connectivity index (χ1) is 8.87. The van der Waals surface area contributed by atoms with E-state index in [4.69, 9.17) is 5.73 Å². The minimum atomic E-state index is -3.62. The molecule has 0 unspecified atom stereocenters. The summed E-state index contributed by atoms with van der Waals surface area (Å²) in [5.41, 5.74) is 6.17. The molecule has 0 amide bonds. The number of nitrogen functional groups attached to an aromatic ring is 1. The first-order valence-corrected chi connectivity index (χ1v) is 7.85. The van der Waals surface area contributed by atoms with Gasteiger partial charge in [0.2, 0.25) is 0 Å². The first-order valence-electron chi connectivity index (χ1n) is 5.40. The lowest BCUT2D eigenvalue weighted by molar-refractivity contribution is 0.590. The van der Waals surface area contributed by atoms with Gasteiger partial charge in [0.1, 0.15) is 5.82 Å². The van der Waals surface area contributed by atoms with Crippen LogP contribution in [0, 0.1) is 5.82 Å². The summed E-state index contributed by atoms with van der Waals surface area (Å²) in [6.07, 6.45) is 0. The van der Waals surface area contributed by atoms with Crippen molar-refractivity contribution >= 4 is 31.5 Å². The molecule has 0 spiro atoms. The van der Waals surface area contributed by atoms with Gasteiger partial charge in [-0.1, -0.05) is 28.1 Å². The molecular formula is C13H11BrFNO2S. The molecule has 0 atom stereocenters. The number of nitrogens with two attached hydrogens (primary N) is 1. The Kier molecular flexibility index (Phi) is 3.91. The largest absolute Gasteiger partial charge is 0.399 e. The standard InChI is InChI=1S/C13H11BrFNO2S/c14-10-3-1-2-9(4-10)8-19(17,18)13-6-11(15)5-12(16)7-13/h1-7H,8,16H2.